The van der Waals surface area contributed by atoms with Crippen molar-refractivity contribution in [3.8, 4) is 11.5 Å². The second-order valence-corrected chi connectivity index (χ2v) is 13.5. The number of carbonyl (C=O) groups excluding carboxylic acids is 2. The minimum Gasteiger partial charge on any atom is -0.492 e. The van der Waals surface area contributed by atoms with E-state index in [9.17, 15) is 18.4 Å². The highest BCUT2D eigenvalue weighted by molar-refractivity contribution is 7.98. The number of methoxy groups -OCH3 is 1. The zero-order valence-corrected chi connectivity index (χ0v) is 26.0. The van der Waals surface area contributed by atoms with Gasteiger partial charge in [0.25, 0.3) is 11.8 Å². The van der Waals surface area contributed by atoms with Gasteiger partial charge in [0.15, 0.2) is 12.0 Å². The number of amides is 2. The first kappa shape index (κ1) is 30.7. The van der Waals surface area contributed by atoms with Crippen molar-refractivity contribution >= 4 is 49.9 Å². The fraction of sp³-hybridized carbons (Fsp3) is 0.375. The molecule has 10 nitrogen and oxygen atoms in total. The first-order valence-corrected chi connectivity index (χ1v) is 16.1. The van der Waals surface area contributed by atoms with Crippen LogP contribution in [0.4, 0.5) is 11.4 Å². The summed E-state index contributed by atoms with van der Waals surface area (Å²) in [5, 5.41) is 1.62. The van der Waals surface area contributed by atoms with Gasteiger partial charge in [-0.1, -0.05) is 45.0 Å². The Morgan fingerprint density at radius 2 is 1.74 bits per heavy atom. The second-order valence-electron chi connectivity index (χ2n) is 11.7. The molecule has 0 bridgehead atoms. The van der Waals surface area contributed by atoms with Crippen LogP contribution < -0.4 is 19.1 Å². The summed E-state index contributed by atoms with van der Waals surface area (Å²) in [6.07, 6.45) is 2.47. The number of fused-ring (bicyclic) bond motifs is 1. The van der Waals surface area contributed by atoms with Crippen LogP contribution in [0.3, 0.4) is 0 Å². The molecular formula is C32H38N3O7S+. The number of rotatable bonds is 9. The summed E-state index contributed by atoms with van der Waals surface area (Å²) in [5.74, 6) is -0.245. The Morgan fingerprint density at radius 1 is 1.05 bits per heavy atom. The van der Waals surface area contributed by atoms with Crippen molar-refractivity contribution in [2.45, 2.75) is 26.2 Å². The number of morpholine rings is 1. The van der Waals surface area contributed by atoms with Crippen molar-refractivity contribution in [3.63, 3.8) is 0 Å². The van der Waals surface area contributed by atoms with Crippen molar-refractivity contribution in [2.24, 2.45) is 0 Å². The summed E-state index contributed by atoms with van der Waals surface area (Å²) in [4.78, 5) is 30.9. The maximum absolute atomic E-state index is 14.0. The monoisotopic (exact) mass is 608 g/mol. The van der Waals surface area contributed by atoms with E-state index >= 15 is 0 Å². The van der Waals surface area contributed by atoms with Crippen LogP contribution in [0.5, 0.6) is 11.5 Å². The Morgan fingerprint density at radius 3 is 2.40 bits per heavy atom. The summed E-state index contributed by atoms with van der Waals surface area (Å²) in [7, 11) is -2.05. The predicted molar refractivity (Wildman–Crippen MR) is 169 cm³/mol. The fourth-order valence-corrected chi connectivity index (χ4v) is 5.90. The third kappa shape index (κ3) is 6.59. The number of imide groups is 1. The summed E-state index contributed by atoms with van der Waals surface area (Å²) in [6.45, 7) is 10.4. The lowest BCUT2D eigenvalue weighted by Crippen LogP contribution is -2.38. The van der Waals surface area contributed by atoms with E-state index in [1.54, 1.807) is 18.2 Å². The van der Waals surface area contributed by atoms with Crippen molar-refractivity contribution in [3.05, 3.63) is 65.7 Å². The first-order valence-electron chi connectivity index (χ1n) is 14.1. The van der Waals surface area contributed by atoms with E-state index in [1.807, 2.05) is 51.1 Å². The van der Waals surface area contributed by atoms with Crippen LogP contribution in [0.2, 0.25) is 0 Å². The molecule has 1 fully saturated rings. The van der Waals surface area contributed by atoms with Crippen molar-refractivity contribution in [2.75, 3.05) is 62.4 Å². The van der Waals surface area contributed by atoms with Gasteiger partial charge in [0, 0.05) is 31.1 Å². The van der Waals surface area contributed by atoms with Crippen LogP contribution in [-0.4, -0.2) is 74.1 Å². The van der Waals surface area contributed by atoms with Gasteiger partial charge < -0.3 is 14.2 Å². The van der Waals surface area contributed by atoms with Gasteiger partial charge in [-0.3, -0.25) is 14.5 Å². The molecule has 0 saturated carbocycles. The lowest BCUT2D eigenvalue weighted by Gasteiger charge is -2.26. The van der Waals surface area contributed by atoms with Gasteiger partial charge in [0.1, 0.15) is 18.0 Å². The molecule has 228 valence electrons. The summed E-state index contributed by atoms with van der Waals surface area (Å²) in [6, 6.07) is 14.7. The predicted octanol–water partition coefficient (Wildman–Crippen LogP) is 4.74. The third-order valence-electron chi connectivity index (χ3n) is 7.54. The van der Waals surface area contributed by atoms with Gasteiger partial charge in [-0.15, -0.1) is 0 Å². The van der Waals surface area contributed by atoms with Crippen LogP contribution in [-0.2, 0) is 34.3 Å². The molecule has 1 saturated heterocycles. The number of nitrogens with one attached hydrogen (secondary N) is 1. The largest absolute Gasteiger partial charge is 0.492 e. The highest BCUT2D eigenvalue weighted by atomic mass is 32.3. The normalized spacial score (nSPS) is 17.6. The van der Waals surface area contributed by atoms with E-state index in [2.05, 4.69) is 9.62 Å². The first-order chi connectivity index (χ1) is 20.4. The van der Waals surface area contributed by atoms with Crippen LogP contribution in [0.1, 0.15) is 31.9 Å². The number of anilines is 2. The number of hydrogen-bond acceptors (Lipinski definition) is 7. The lowest BCUT2D eigenvalue weighted by atomic mass is 9.86. The van der Waals surface area contributed by atoms with Crippen LogP contribution in [0.25, 0.3) is 16.3 Å². The molecule has 1 atom stereocenters. The number of benzene rings is 3. The maximum Gasteiger partial charge on any atom is 0.307 e. The Kier molecular flexibility index (Phi) is 8.62. The molecule has 0 spiro atoms. The molecule has 0 aromatic heterocycles. The van der Waals surface area contributed by atoms with E-state index < -0.39 is 27.6 Å². The summed E-state index contributed by atoms with van der Waals surface area (Å²) < 4.78 is 42.2. The quantitative estimate of drug-likeness (QED) is 0.264. The molecule has 2 heterocycles. The molecule has 0 radical (unpaired) electrons. The zero-order chi connectivity index (χ0) is 30.9. The van der Waals surface area contributed by atoms with Crippen molar-refractivity contribution in [1.29, 1.82) is 0 Å². The van der Waals surface area contributed by atoms with Gasteiger partial charge in [0.2, 0.25) is 0 Å². The van der Waals surface area contributed by atoms with E-state index in [4.69, 9.17) is 14.2 Å². The topological polar surface area (TPSA) is 118 Å². The SMILES string of the molecule is COc1c(N[S+](C)(=O)O)cc(C(C)(C)C)cc1N1C(=O)C=C(c2ccc(OCCN3CCOCC3)c3ccccc23)C1=O. The molecule has 43 heavy (non-hydrogen) atoms. The molecule has 3 aromatic rings. The maximum atomic E-state index is 14.0. The summed E-state index contributed by atoms with van der Waals surface area (Å²) in [5.41, 5.74) is 1.57. The minimum atomic E-state index is -3.44. The number of nitrogens with zero attached hydrogens (tertiary/aromatic N) is 2. The van der Waals surface area contributed by atoms with Crippen LogP contribution in [0, 0.1) is 0 Å². The molecular weight excluding hydrogens is 570 g/mol. The minimum absolute atomic E-state index is 0.113. The van der Waals surface area contributed by atoms with Crippen molar-refractivity contribution in [1.82, 2.24) is 4.90 Å². The highest BCUT2D eigenvalue weighted by Gasteiger charge is 2.38. The zero-order valence-electron chi connectivity index (χ0n) is 25.1. The van der Waals surface area contributed by atoms with E-state index in [0.29, 0.717) is 17.9 Å². The number of ether oxygens (including phenoxy) is 3. The van der Waals surface area contributed by atoms with Gasteiger partial charge in [0.05, 0.1) is 31.6 Å². The van der Waals surface area contributed by atoms with Gasteiger partial charge in [-0.2, -0.15) is 9.27 Å². The standard InChI is InChI=1S/C32H37N3O7S/c1-32(2,3)21-18-26(33-43(5,38)39)30(40-4)27(19-21)35-29(36)20-25(31(35)37)23-10-11-28(24-9-7-6-8-22(23)24)42-17-14-34-12-15-41-16-13-34/h6-11,18-20H,12-17H2,1-5H3,(H-,33,38,39)/p+1. The second kappa shape index (κ2) is 12.1. The molecule has 1 unspecified atom stereocenters. The van der Waals surface area contributed by atoms with Gasteiger partial charge >= 0.3 is 10.4 Å². The van der Waals surface area contributed by atoms with Gasteiger partial charge in [-0.05, 0) is 50.4 Å². The fourth-order valence-electron chi connectivity index (χ4n) is 5.34. The number of hydrogen-bond donors (Lipinski definition) is 2. The molecule has 2 aliphatic heterocycles. The Bertz CT molecular complexity index is 1630. The molecule has 0 aliphatic carbocycles. The Labute approximate surface area is 253 Å². The van der Waals surface area contributed by atoms with Gasteiger partial charge in [-0.25, -0.2) is 4.90 Å². The molecule has 5 rings (SSSR count). The number of carbonyl (C=O) groups is 2. The average molecular weight is 609 g/mol. The molecule has 2 aliphatic rings. The molecule has 2 amide bonds. The van der Waals surface area contributed by atoms with Crippen LogP contribution >= 0.6 is 0 Å². The Hall–Kier alpha value is -3.77. The molecule has 2 N–H and O–H groups in total. The third-order valence-corrected chi connectivity index (χ3v) is 8.14. The average Bonchev–Trinajstić information content (AvgIpc) is 3.24. The van der Waals surface area contributed by atoms with Crippen molar-refractivity contribution < 1.29 is 32.6 Å². The smallest absolute Gasteiger partial charge is 0.307 e. The van der Waals surface area contributed by atoms with E-state index in [0.717, 1.165) is 60.3 Å². The molecule has 11 heteroatoms. The summed E-state index contributed by atoms with van der Waals surface area (Å²) >= 11 is 0. The van der Waals surface area contributed by atoms with E-state index in [1.165, 1.54) is 13.2 Å². The van der Waals surface area contributed by atoms with Crippen LogP contribution in [0.15, 0.2) is 54.6 Å². The lowest BCUT2D eigenvalue weighted by molar-refractivity contribution is -0.119. The highest BCUT2D eigenvalue weighted by Crippen LogP contribution is 2.44. The Balaban J connectivity index is 1.49. The molecule has 3 aromatic carbocycles. The van der Waals surface area contributed by atoms with E-state index in [-0.39, 0.29) is 22.7 Å².